The van der Waals surface area contributed by atoms with Gasteiger partial charge in [-0.1, -0.05) is 36.4 Å². The minimum atomic E-state index is 0.222. The number of Topliss-reactive ketones (excluding diaryl/α,β-unsaturated/α-hetero) is 1. The Morgan fingerprint density at radius 3 is 2.71 bits per heavy atom. The lowest BCUT2D eigenvalue weighted by atomic mass is 10.0. The lowest BCUT2D eigenvalue weighted by Crippen LogP contribution is -2.31. The molecule has 146 valence electrons. The Kier molecular flexibility index (Phi) is 5.92. The van der Waals surface area contributed by atoms with Gasteiger partial charge < -0.3 is 10.2 Å². The van der Waals surface area contributed by atoms with Crippen molar-refractivity contribution in [3.63, 3.8) is 0 Å². The molecular weight excluding hydrogens is 370 g/mol. The average Bonchev–Trinajstić information content (AvgIpc) is 3.20. The topological polar surface area (TPSA) is 73.9 Å². The highest BCUT2D eigenvalue weighted by Crippen LogP contribution is 2.23. The highest BCUT2D eigenvalue weighted by Gasteiger charge is 2.13. The fourth-order valence-corrected chi connectivity index (χ4v) is 3.92. The molecule has 0 atom stereocenters. The number of aromatic amines is 1. The number of nitrogens with zero attached hydrogens (tertiary/aromatic N) is 3. The van der Waals surface area contributed by atoms with Gasteiger partial charge in [-0.25, -0.2) is 0 Å². The van der Waals surface area contributed by atoms with Crippen molar-refractivity contribution >= 4 is 40.0 Å². The third-order valence-electron chi connectivity index (χ3n) is 5.18. The summed E-state index contributed by atoms with van der Waals surface area (Å²) in [4.78, 5) is 19.4. The highest BCUT2D eigenvalue weighted by molar-refractivity contribution is 7.98. The zero-order chi connectivity index (χ0) is 19.3. The number of H-pyrrole nitrogens is 1. The van der Waals surface area contributed by atoms with Crippen LogP contribution in [0.4, 0.5) is 11.6 Å². The second-order valence-corrected chi connectivity index (χ2v) is 7.94. The van der Waals surface area contributed by atoms with Crippen LogP contribution < -0.4 is 5.32 Å². The van der Waals surface area contributed by atoms with E-state index in [2.05, 4.69) is 25.4 Å². The number of benzene rings is 2. The van der Waals surface area contributed by atoms with Gasteiger partial charge in [-0.15, -0.1) is 5.10 Å². The van der Waals surface area contributed by atoms with E-state index in [1.807, 2.05) is 42.7 Å². The average molecular weight is 396 g/mol. The summed E-state index contributed by atoms with van der Waals surface area (Å²) in [6, 6.07) is 12.0. The molecule has 0 aliphatic carbocycles. The first kappa shape index (κ1) is 19.0. The Bertz CT molecular complexity index is 964. The largest absolute Gasteiger partial charge is 0.323 e. The van der Waals surface area contributed by atoms with Crippen LogP contribution >= 0.6 is 11.8 Å². The van der Waals surface area contributed by atoms with Crippen LogP contribution in [0.2, 0.25) is 0 Å². The molecule has 0 radical (unpaired) electrons. The molecule has 2 aromatic carbocycles. The van der Waals surface area contributed by atoms with Crippen LogP contribution in [0.25, 0.3) is 10.8 Å². The SMILES string of the molecule is CSc1nc(Nc2ccc3cc(C(=O)CCN4CCCCC4)ccc3c2)n[nH]1. The number of ketones is 1. The summed E-state index contributed by atoms with van der Waals surface area (Å²) >= 11 is 1.52. The molecule has 1 aliphatic heterocycles. The quantitative estimate of drug-likeness (QED) is 0.454. The molecule has 3 aromatic rings. The molecule has 7 heteroatoms. The summed E-state index contributed by atoms with van der Waals surface area (Å²) in [6.07, 6.45) is 6.38. The first-order chi connectivity index (χ1) is 13.7. The molecule has 0 bridgehead atoms. The number of thioether (sulfide) groups is 1. The Morgan fingerprint density at radius 1 is 1.14 bits per heavy atom. The third-order valence-corrected chi connectivity index (χ3v) is 5.75. The van der Waals surface area contributed by atoms with E-state index >= 15 is 0 Å². The zero-order valence-electron chi connectivity index (χ0n) is 16.1. The van der Waals surface area contributed by atoms with Crippen LogP contribution in [0.15, 0.2) is 41.6 Å². The maximum Gasteiger partial charge on any atom is 0.247 e. The molecule has 0 amide bonds. The summed E-state index contributed by atoms with van der Waals surface area (Å²) in [6.45, 7) is 3.13. The van der Waals surface area contributed by atoms with Gasteiger partial charge in [0.1, 0.15) is 0 Å². The van der Waals surface area contributed by atoms with Crippen molar-refractivity contribution in [3.8, 4) is 0 Å². The van der Waals surface area contributed by atoms with Crippen LogP contribution in [0.1, 0.15) is 36.0 Å². The van der Waals surface area contributed by atoms with E-state index in [1.54, 1.807) is 0 Å². The van der Waals surface area contributed by atoms with Gasteiger partial charge in [-0.05, 0) is 61.2 Å². The molecule has 1 aromatic heterocycles. The van der Waals surface area contributed by atoms with Gasteiger partial charge in [0.25, 0.3) is 0 Å². The molecule has 2 heterocycles. The number of carbonyl (C=O) groups is 1. The second-order valence-electron chi connectivity index (χ2n) is 7.15. The predicted octanol–water partition coefficient (Wildman–Crippen LogP) is 4.48. The van der Waals surface area contributed by atoms with Crippen LogP contribution in [0.5, 0.6) is 0 Å². The number of fused-ring (bicyclic) bond motifs is 1. The Hall–Kier alpha value is -2.38. The van der Waals surface area contributed by atoms with E-state index in [-0.39, 0.29) is 5.78 Å². The van der Waals surface area contributed by atoms with Crippen molar-refractivity contribution in [1.29, 1.82) is 0 Å². The highest BCUT2D eigenvalue weighted by atomic mass is 32.2. The number of nitrogens with one attached hydrogen (secondary N) is 2. The van der Waals surface area contributed by atoms with E-state index in [0.29, 0.717) is 12.4 Å². The lowest BCUT2D eigenvalue weighted by molar-refractivity contribution is 0.0959. The molecule has 2 N–H and O–H groups in total. The minimum absolute atomic E-state index is 0.222. The maximum absolute atomic E-state index is 12.6. The molecule has 28 heavy (non-hydrogen) atoms. The van der Waals surface area contributed by atoms with E-state index < -0.39 is 0 Å². The summed E-state index contributed by atoms with van der Waals surface area (Å²) in [5.74, 6) is 0.771. The van der Waals surface area contributed by atoms with E-state index in [1.165, 1.54) is 31.0 Å². The number of hydrogen-bond donors (Lipinski definition) is 2. The summed E-state index contributed by atoms with van der Waals surface area (Å²) in [5, 5.41) is 13.1. The smallest absolute Gasteiger partial charge is 0.247 e. The zero-order valence-corrected chi connectivity index (χ0v) is 16.9. The second kappa shape index (κ2) is 8.75. The van der Waals surface area contributed by atoms with Crippen LogP contribution in [0.3, 0.4) is 0 Å². The summed E-state index contributed by atoms with van der Waals surface area (Å²) in [7, 11) is 0. The Balaban J connectivity index is 1.42. The van der Waals surface area contributed by atoms with Crippen molar-refractivity contribution < 1.29 is 4.79 Å². The number of hydrogen-bond acceptors (Lipinski definition) is 6. The fourth-order valence-electron chi connectivity index (χ4n) is 3.61. The van der Waals surface area contributed by atoms with Gasteiger partial charge >= 0.3 is 0 Å². The van der Waals surface area contributed by atoms with Crippen molar-refractivity contribution in [3.05, 3.63) is 42.0 Å². The van der Waals surface area contributed by atoms with Crippen LogP contribution in [-0.4, -0.2) is 51.8 Å². The van der Waals surface area contributed by atoms with E-state index in [9.17, 15) is 4.79 Å². The number of aromatic nitrogens is 3. The normalized spacial score (nSPS) is 15.0. The number of likely N-dealkylation sites (tertiary alicyclic amines) is 1. The molecule has 6 nitrogen and oxygen atoms in total. The van der Waals surface area contributed by atoms with Crippen molar-refractivity contribution in [2.75, 3.05) is 31.2 Å². The standard InChI is InChI=1S/C21H25N5OS/c1-28-21-23-20(24-25-21)22-18-8-7-15-13-17(6-5-16(15)14-18)19(27)9-12-26-10-3-2-4-11-26/h5-8,13-14H,2-4,9-12H2,1H3,(H2,22,23,24,25). The van der Waals surface area contributed by atoms with Gasteiger partial charge in [-0.2, -0.15) is 4.98 Å². The van der Waals surface area contributed by atoms with Crippen LogP contribution in [0, 0.1) is 0 Å². The Labute approximate surface area is 169 Å². The van der Waals surface area contributed by atoms with Crippen molar-refractivity contribution in [1.82, 2.24) is 20.1 Å². The molecule has 1 saturated heterocycles. The third kappa shape index (κ3) is 4.54. The molecule has 1 aliphatic rings. The monoisotopic (exact) mass is 395 g/mol. The van der Waals surface area contributed by atoms with Crippen LogP contribution in [-0.2, 0) is 0 Å². The van der Waals surface area contributed by atoms with Crippen molar-refractivity contribution in [2.45, 2.75) is 30.8 Å². The predicted molar refractivity (Wildman–Crippen MR) is 115 cm³/mol. The van der Waals surface area contributed by atoms with Gasteiger partial charge in [-0.3, -0.25) is 9.89 Å². The van der Waals surface area contributed by atoms with Gasteiger partial charge in [0, 0.05) is 24.2 Å². The van der Waals surface area contributed by atoms with E-state index in [0.717, 1.165) is 46.8 Å². The van der Waals surface area contributed by atoms with Crippen molar-refractivity contribution in [2.24, 2.45) is 0 Å². The molecular formula is C21H25N5OS. The summed E-state index contributed by atoms with van der Waals surface area (Å²) in [5.41, 5.74) is 1.71. The first-order valence-corrected chi connectivity index (χ1v) is 11.0. The summed E-state index contributed by atoms with van der Waals surface area (Å²) < 4.78 is 0. The van der Waals surface area contributed by atoms with Gasteiger partial charge in [0.15, 0.2) is 10.9 Å². The number of rotatable bonds is 7. The molecule has 1 fully saturated rings. The minimum Gasteiger partial charge on any atom is -0.323 e. The lowest BCUT2D eigenvalue weighted by Gasteiger charge is -2.25. The van der Waals surface area contributed by atoms with E-state index in [4.69, 9.17) is 0 Å². The molecule has 4 rings (SSSR count). The number of piperidine rings is 1. The van der Waals surface area contributed by atoms with Gasteiger partial charge in [0.05, 0.1) is 0 Å². The number of carbonyl (C=O) groups excluding carboxylic acids is 1. The molecule has 0 unspecified atom stereocenters. The molecule has 0 spiro atoms. The number of anilines is 2. The maximum atomic E-state index is 12.6. The first-order valence-electron chi connectivity index (χ1n) is 9.74. The molecule has 0 saturated carbocycles. The fraction of sp³-hybridized carbons (Fsp3) is 0.381. The Morgan fingerprint density at radius 2 is 1.93 bits per heavy atom. The van der Waals surface area contributed by atoms with Gasteiger partial charge in [0.2, 0.25) is 5.95 Å².